The standard InChI is InChI=1S/C3H6O2.C2H6O2/c1-2-3(4)5;1-3-4-2/h2H2,1H3,(H,4,5);1-2H3. The molecular weight excluding hydrogens is 124 g/mol. The summed E-state index contributed by atoms with van der Waals surface area (Å²) in [5, 5.41) is 7.72. The molecule has 0 fully saturated rings. The molecule has 56 valence electrons. The molecule has 0 atom stereocenters. The third-order valence-electron chi connectivity index (χ3n) is 0.469. The number of carbonyl (C=O) groups is 1. The van der Waals surface area contributed by atoms with Crippen LogP contribution >= 0.6 is 0 Å². The SMILES string of the molecule is CCC(=O)O.COOC. The molecule has 0 aliphatic carbocycles. The largest absolute Gasteiger partial charge is 0.481 e. The predicted octanol–water partition coefficient (Wildman–Crippen LogP) is 0.675. The highest BCUT2D eigenvalue weighted by molar-refractivity contribution is 5.66. The Hall–Kier alpha value is -0.610. The van der Waals surface area contributed by atoms with Crippen molar-refractivity contribution in [3.05, 3.63) is 0 Å². The molecule has 4 heteroatoms. The minimum Gasteiger partial charge on any atom is -0.481 e. The lowest BCUT2D eigenvalue weighted by atomic mass is 10.5. The molecule has 0 unspecified atom stereocenters. The van der Waals surface area contributed by atoms with E-state index in [1.54, 1.807) is 6.92 Å². The monoisotopic (exact) mass is 136 g/mol. The van der Waals surface area contributed by atoms with Crippen LogP contribution in [-0.4, -0.2) is 25.3 Å². The summed E-state index contributed by atoms with van der Waals surface area (Å²) in [5.74, 6) is -0.745. The van der Waals surface area contributed by atoms with Crippen LogP contribution in [0.4, 0.5) is 0 Å². The van der Waals surface area contributed by atoms with E-state index >= 15 is 0 Å². The summed E-state index contributed by atoms with van der Waals surface area (Å²) >= 11 is 0. The maximum atomic E-state index is 9.37. The van der Waals surface area contributed by atoms with E-state index in [1.807, 2.05) is 0 Å². The number of rotatable bonds is 2. The van der Waals surface area contributed by atoms with Gasteiger partial charge in [0.25, 0.3) is 0 Å². The summed E-state index contributed by atoms with van der Waals surface area (Å²) in [6.07, 6.45) is 0.222. The van der Waals surface area contributed by atoms with Crippen LogP contribution in [0.5, 0.6) is 0 Å². The van der Waals surface area contributed by atoms with E-state index in [-0.39, 0.29) is 6.42 Å². The average molecular weight is 136 g/mol. The molecule has 0 spiro atoms. The summed E-state index contributed by atoms with van der Waals surface area (Å²) in [6.45, 7) is 1.60. The lowest BCUT2D eigenvalue weighted by molar-refractivity contribution is -0.248. The van der Waals surface area contributed by atoms with Crippen LogP contribution in [0.15, 0.2) is 0 Å². The van der Waals surface area contributed by atoms with Gasteiger partial charge in [0.05, 0.1) is 14.2 Å². The Kier molecular flexibility index (Phi) is 13.0. The summed E-state index contributed by atoms with van der Waals surface area (Å²) in [7, 11) is 2.92. The Balaban J connectivity index is 0. The lowest BCUT2D eigenvalue weighted by Crippen LogP contribution is -1.86. The molecule has 9 heavy (non-hydrogen) atoms. The molecule has 4 nitrogen and oxygen atoms in total. The van der Waals surface area contributed by atoms with Crippen LogP contribution in [0.3, 0.4) is 0 Å². The second-order valence-corrected chi connectivity index (χ2v) is 1.08. The molecule has 0 bridgehead atoms. The smallest absolute Gasteiger partial charge is 0.303 e. The van der Waals surface area contributed by atoms with Gasteiger partial charge in [-0.1, -0.05) is 6.92 Å². The fourth-order valence-electron chi connectivity index (χ4n) is 0. The van der Waals surface area contributed by atoms with Crippen LogP contribution in [0.25, 0.3) is 0 Å². The second-order valence-electron chi connectivity index (χ2n) is 1.08. The molecule has 0 saturated heterocycles. The quantitative estimate of drug-likeness (QED) is 0.448. The van der Waals surface area contributed by atoms with Gasteiger partial charge in [0, 0.05) is 6.42 Å². The molecule has 0 amide bonds. The van der Waals surface area contributed by atoms with Crippen LogP contribution in [-0.2, 0) is 14.6 Å². The van der Waals surface area contributed by atoms with E-state index in [9.17, 15) is 4.79 Å². The van der Waals surface area contributed by atoms with Crippen LogP contribution < -0.4 is 0 Å². The Bertz CT molecular complexity index is 60.0. The third kappa shape index (κ3) is 37.6. The molecule has 0 rings (SSSR count). The van der Waals surface area contributed by atoms with Crippen LogP contribution in [0.1, 0.15) is 13.3 Å². The first-order valence-corrected chi connectivity index (χ1v) is 2.47. The van der Waals surface area contributed by atoms with Crippen molar-refractivity contribution in [1.29, 1.82) is 0 Å². The van der Waals surface area contributed by atoms with E-state index in [2.05, 4.69) is 9.78 Å². The first kappa shape index (κ1) is 11.2. The molecule has 0 aliphatic heterocycles. The maximum Gasteiger partial charge on any atom is 0.303 e. The van der Waals surface area contributed by atoms with Gasteiger partial charge in [-0.2, -0.15) is 0 Å². The highest BCUT2D eigenvalue weighted by atomic mass is 17.2. The Labute approximate surface area is 54.3 Å². The average Bonchev–Trinajstić information content (AvgIpc) is 1.89. The Morgan fingerprint density at radius 1 is 1.44 bits per heavy atom. The van der Waals surface area contributed by atoms with Gasteiger partial charge in [0.15, 0.2) is 0 Å². The third-order valence-corrected chi connectivity index (χ3v) is 0.469. The van der Waals surface area contributed by atoms with Crippen molar-refractivity contribution in [2.24, 2.45) is 0 Å². The van der Waals surface area contributed by atoms with E-state index in [0.29, 0.717) is 0 Å². The summed E-state index contributed by atoms with van der Waals surface area (Å²) in [5.41, 5.74) is 0. The molecule has 0 aromatic heterocycles. The maximum absolute atomic E-state index is 9.37. The van der Waals surface area contributed by atoms with Crippen molar-refractivity contribution >= 4 is 5.97 Å². The molecule has 0 saturated carbocycles. The lowest BCUT2D eigenvalue weighted by Gasteiger charge is -1.78. The van der Waals surface area contributed by atoms with Gasteiger partial charge in [-0.3, -0.25) is 4.79 Å². The minimum atomic E-state index is -0.745. The summed E-state index contributed by atoms with van der Waals surface area (Å²) < 4.78 is 0. The molecule has 0 aromatic rings. The van der Waals surface area contributed by atoms with E-state index in [4.69, 9.17) is 5.11 Å². The zero-order valence-corrected chi connectivity index (χ0v) is 5.88. The fourth-order valence-corrected chi connectivity index (χ4v) is 0. The first-order valence-electron chi connectivity index (χ1n) is 2.47. The van der Waals surface area contributed by atoms with Gasteiger partial charge in [-0.05, 0) is 0 Å². The van der Waals surface area contributed by atoms with Gasteiger partial charge in [0.1, 0.15) is 0 Å². The van der Waals surface area contributed by atoms with E-state index in [0.717, 1.165) is 0 Å². The van der Waals surface area contributed by atoms with Crippen molar-refractivity contribution in [2.45, 2.75) is 13.3 Å². The van der Waals surface area contributed by atoms with Crippen molar-refractivity contribution < 1.29 is 19.7 Å². The van der Waals surface area contributed by atoms with Gasteiger partial charge < -0.3 is 5.11 Å². The molecule has 0 heterocycles. The number of hydrogen-bond acceptors (Lipinski definition) is 3. The topological polar surface area (TPSA) is 55.8 Å². The minimum absolute atomic E-state index is 0.222. The first-order chi connectivity index (χ1) is 4.18. The van der Waals surface area contributed by atoms with Gasteiger partial charge in [-0.15, -0.1) is 0 Å². The van der Waals surface area contributed by atoms with Gasteiger partial charge in [0.2, 0.25) is 0 Å². The van der Waals surface area contributed by atoms with E-state index in [1.165, 1.54) is 14.2 Å². The zero-order chi connectivity index (χ0) is 7.70. The van der Waals surface area contributed by atoms with Gasteiger partial charge >= 0.3 is 5.97 Å². The summed E-state index contributed by atoms with van der Waals surface area (Å²) in [4.78, 5) is 17.5. The molecule has 0 radical (unpaired) electrons. The Morgan fingerprint density at radius 2 is 1.67 bits per heavy atom. The van der Waals surface area contributed by atoms with Crippen molar-refractivity contribution in [3.8, 4) is 0 Å². The number of carboxylic acids is 1. The number of hydrogen-bond donors (Lipinski definition) is 1. The number of aliphatic carboxylic acids is 1. The molecule has 1 N–H and O–H groups in total. The summed E-state index contributed by atoms with van der Waals surface area (Å²) in [6, 6.07) is 0. The number of carboxylic acid groups (broad SMARTS) is 1. The molecule has 0 aromatic carbocycles. The van der Waals surface area contributed by atoms with Crippen molar-refractivity contribution in [2.75, 3.05) is 14.2 Å². The van der Waals surface area contributed by atoms with Crippen molar-refractivity contribution in [3.63, 3.8) is 0 Å². The second kappa shape index (κ2) is 10.4. The Morgan fingerprint density at radius 3 is 1.67 bits per heavy atom. The highest BCUT2D eigenvalue weighted by Crippen LogP contribution is 1.67. The zero-order valence-electron chi connectivity index (χ0n) is 5.88. The van der Waals surface area contributed by atoms with Gasteiger partial charge in [-0.25, -0.2) is 9.78 Å². The predicted molar refractivity (Wildman–Crippen MR) is 31.9 cm³/mol. The molecular formula is C5H12O4. The normalized spacial score (nSPS) is 7.44. The van der Waals surface area contributed by atoms with Crippen LogP contribution in [0, 0.1) is 0 Å². The highest BCUT2D eigenvalue weighted by Gasteiger charge is 1.80. The fraction of sp³-hybridized carbons (Fsp3) is 0.800. The molecule has 0 aliphatic rings. The van der Waals surface area contributed by atoms with Crippen LogP contribution in [0.2, 0.25) is 0 Å². The van der Waals surface area contributed by atoms with Crippen molar-refractivity contribution in [1.82, 2.24) is 0 Å². The van der Waals surface area contributed by atoms with E-state index < -0.39 is 5.97 Å².